The largest absolute Gasteiger partial charge is 0.494 e. The summed E-state index contributed by atoms with van der Waals surface area (Å²) in [5.41, 5.74) is 0.342. The summed E-state index contributed by atoms with van der Waals surface area (Å²) in [5, 5.41) is 10.1. The Labute approximate surface area is 117 Å². The maximum Gasteiger partial charge on any atom is 0.165 e. The van der Waals surface area contributed by atoms with Crippen molar-refractivity contribution in [3.63, 3.8) is 0 Å². The molecule has 19 heavy (non-hydrogen) atoms. The van der Waals surface area contributed by atoms with Gasteiger partial charge in [-0.1, -0.05) is 18.2 Å². The van der Waals surface area contributed by atoms with Crippen molar-refractivity contribution in [2.24, 2.45) is 0 Å². The second-order valence-corrected chi connectivity index (χ2v) is 4.79. The lowest BCUT2D eigenvalue weighted by molar-refractivity contribution is 0.214. The molecular formula is C14H11BrF2O2. The number of benzene rings is 2. The molecule has 0 radical (unpaired) electrons. The van der Waals surface area contributed by atoms with Gasteiger partial charge in [-0.05, 0) is 39.7 Å². The molecule has 5 heteroatoms. The van der Waals surface area contributed by atoms with E-state index >= 15 is 0 Å². The number of ether oxygens (including phenoxy) is 1. The van der Waals surface area contributed by atoms with Crippen molar-refractivity contribution in [1.82, 2.24) is 0 Å². The van der Waals surface area contributed by atoms with Crippen LogP contribution in [-0.4, -0.2) is 12.2 Å². The molecule has 100 valence electrons. The monoisotopic (exact) mass is 328 g/mol. The quantitative estimate of drug-likeness (QED) is 0.928. The lowest BCUT2D eigenvalue weighted by Gasteiger charge is -2.14. The average molecular weight is 329 g/mol. The van der Waals surface area contributed by atoms with Crippen molar-refractivity contribution in [3.05, 3.63) is 63.6 Å². The summed E-state index contributed by atoms with van der Waals surface area (Å²) in [5.74, 6) is -1.09. The van der Waals surface area contributed by atoms with E-state index in [1.807, 2.05) is 0 Å². The molecule has 2 rings (SSSR count). The third kappa shape index (κ3) is 2.77. The van der Waals surface area contributed by atoms with Gasteiger partial charge in [-0.15, -0.1) is 0 Å². The molecule has 0 spiro atoms. The number of halogens is 3. The molecule has 0 aliphatic heterocycles. The van der Waals surface area contributed by atoms with Crippen LogP contribution < -0.4 is 4.74 Å². The minimum Gasteiger partial charge on any atom is -0.494 e. The molecule has 0 aliphatic carbocycles. The molecule has 0 aromatic heterocycles. The van der Waals surface area contributed by atoms with Gasteiger partial charge >= 0.3 is 0 Å². The van der Waals surface area contributed by atoms with Crippen LogP contribution >= 0.6 is 15.9 Å². The van der Waals surface area contributed by atoms with Crippen LogP contribution in [0.3, 0.4) is 0 Å². The smallest absolute Gasteiger partial charge is 0.165 e. The van der Waals surface area contributed by atoms with Gasteiger partial charge in [-0.25, -0.2) is 8.78 Å². The van der Waals surface area contributed by atoms with E-state index < -0.39 is 17.7 Å². The predicted molar refractivity (Wildman–Crippen MR) is 71.1 cm³/mol. The van der Waals surface area contributed by atoms with Crippen LogP contribution in [0.2, 0.25) is 0 Å². The summed E-state index contributed by atoms with van der Waals surface area (Å²) in [6.07, 6.45) is -1.24. The molecule has 0 saturated carbocycles. The van der Waals surface area contributed by atoms with Gasteiger partial charge in [0.25, 0.3) is 0 Å². The fourth-order valence-corrected chi connectivity index (χ4v) is 2.15. The molecule has 0 bridgehead atoms. The SMILES string of the molecule is COc1ccc(C(O)c2cccc(Br)c2F)cc1F. The Morgan fingerprint density at radius 2 is 1.95 bits per heavy atom. The molecule has 0 saturated heterocycles. The van der Waals surface area contributed by atoms with Crippen LogP contribution in [0.25, 0.3) is 0 Å². The first-order valence-electron chi connectivity index (χ1n) is 5.50. The Balaban J connectivity index is 2.41. The highest BCUT2D eigenvalue weighted by Crippen LogP contribution is 2.30. The minimum absolute atomic E-state index is 0.0747. The molecule has 0 fully saturated rings. The van der Waals surface area contributed by atoms with Crippen LogP contribution in [0.1, 0.15) is 17.2 Å². The summed E-state index contributed by atoms with van der Waals surface area (Å²) >= 11 is 3.04. The molecule has 2 nitrogen and oxygen atoms in total. The standard InChI is InChI=1S/C14H11BrF2O2/c1-19-12-6-5-8(7-11(12)16)14(18)9-3-2-4-10(15)13(9)17/h2-7,14,18H,1H3. The molecule has 2 aromatic carbocycles. The van der Waals surface area contributed by atoms with E-state index in [4.69, 9.17) is 4.74 Å². The zero-order valence-electron chi connectivity index (χ0n) is 10.0. The van der Waals surface area contributed by atoms with Crippen molar-refractivity contribution in [2.45, 2.75) is 6.10 Å². The van der Waals surface area contributed by atoms with E-state index in [0.29, 0.717) is 0 Å². The van der Waals surface area contributed by atoms with Gasteiger partial charge in [0.1, 0.15) is 11.9 Å². The van der Waals surface area contributed by atoms with Gasteiger partial charge in [0.15, 0.2) is 11.6 Å². The lowest BCUT2D eigenvalue weighted by atomic mass is 10.0. The Hall–Kier alpha value is -1.46. The number of methoxy groups -OCH3 is 1. The van der Waals surface area contributed by atoms with Crippen molar-refractivity contribution in [2.75, 3.05) is 7.11 Å². The fourth-order valence-electron chi connectivity index (χ4n) is 1.76. The Kier molecular flexibility index (Phi) is 4.17. The molecule has 1 unspecified atom stereocenters. The molecule has 0 heterocycles. The minimum atomic E-state index is -1.24. The van der Waals surface area contributed by atoms with E-state index in [1.165, 1.54) is 31.4 Å². The van der Waals surface area contributed by atoms with Gasteiger partial charge in [-0.3, -0.25) is 0 Å². The molecule has 2 aromatic rings. The highest BCUT2D eigenvalue weighted by molar-refractivity contribution is 9.10. The highest BCUT2D eigenvalue weighted by atomic mass is 79.9. The van der Waals surface area contributed by atoms with E-state index in [0.717, 1.165) is 6.07 Å². The van der Waals surface area contributed by atoms with Gasteiger partial charge in [0.05, 0.1) is 11.6 Å². The van der Waals surface area contributed by atoms with E-state index in [-0.39, 0.29) is 21.3 Å². The van der Waals surface area contributed by atoms with Crippen molar-refractivity contribution in [1.29, 1.82) is 0 Å². The maximum absolute atomic E-state index is 13.9. The number of aliphatic hydroxyl groups is 1. The average Bonchev–Trinajstić information content (AvgIpc) is 2.41. The molecular weight excluding hydrogens is 318 g/mol. The Morgan fingerprint density at radius 3 is 2.58 bits per heavy atom. The summed E-state index contributed by atoms with van der Waals surface area (Å²) < 4.78 is 32.5. The normalized spacial score (nSPS) is 12.3. The number of hydrogen-bond donors (Lipinski definition) is 1. The predicted octanol–water partition coefficient (Wildman–Crippen LogP) is 3.82. The van der Waals surface area contributed by atoms with Crippen LogP contribution in [-0.2, 0) is 0 Å². The summed E-state index contributed by atoms with van der Waals surface area (Å²) in [4.78, 5) is 0. The Bertz CT molecular complexity index is 602. The zero-order chi connectivity index (χ0) is 14.0. The number of hydrogen-bond acceptors (Lipinski definition) is 2. The van der Waals surface area contributed by atoms with Gasteiger partial charge in [0, 0.05) is 5.56 Å². The number of rotatable bonds is 3. The summed E-state index contributed by atoms with van der Waals surface area (Å²) in [6.45, 7) is 0. The summed E-state index contributed by atoms with van der Waals surface area (Å²) in [6, 6.07) is 8.60. The second kappa shape index (κ2) is 5.67. The third-order valence-electron chi connectivity index (χ3n) is 2.77. The fraction of sp³-hybridized carbons (Fsp3) is 0.143. The Morgan fingerprint density at radius 1 is 1.21 bits per heavy atom. The molecule has 1 atom stereocenters. The van der Waals surface area contributed by atoms with Gasteiger partial charge in [-0.2, -0.15) is 0 Å². The van der Waals surface area contributed by atoms with E-state index in [1.54, 1.807) is 6.07 Å². The number of aliphatic hydroxyl groups excluding tert-OH is 1. The molecule has 1 N–H and O–H groups in total. The topological polar surface area (TPSA) is 29.5 Å². The van der Waals surface area contributed by atoms with E-state index in [9.17, 15) is 13.9 Å². The highest BCUT2D eigenvalue weighted by Gasteiger charge is 2.18. The first-order valence-corrected chi connectivity index (χ1v) is 6.29. The van der Waals surface area contributed by atoms with E-state index in [2.05, 4.69) is 15.9 Å². The molecule has 0 amide bonds. The van der Waals surface area contributed by atoms with Crippen LogP contribution in [0, 0.1) is 11.6 Å². The lowest BCUT2D eigenvalue weighted by Crippen LogP contribution is -2.04. The van der Waals surface area contributed by atoms with Crippen LogP contribution in [0.4, 0.5) is 8.78 Å². The van der Waals surface area contributed by atoms with Crippen LogP contribution in [0.15, 0.2) is 40.9 Å². The molecule has 0 aliphatic rings. The zero-order valence-corrected chi connectivity index (χ0v) is 11.6. The van der Waals surface area contributed by atoms with Gasteiger partial charge in [0.2, 0.25) is 0 Å². The van der Waals surface area contributed by atoms with Crippen molar-refractivity contribution in [3.8, 4) is 5.75 Å². The maximum atomic E-state index is 13.9. The van der Waals surface area contributed by atoms with Crippen molar-refractivity contribution >= 4 is 15.9 Å². The third-order valence-corrected chi connectivity index (χ3v) is 3.38. The second-order valence-electron chi connectivity index (χ2n) is 3.94. The van der Waals surface area contributed by atoms with Crippen molar-refractivity contribution < 1.29 is 18.6 Å². The first kappa shape index (κ1) is 14.0. The van der Waals surface area contributed by atoms with Crippen LogP contribution in [0.5, 0.6) is 5.75 Å². The van der Waals surface area contributed by atoms with Gasteiger partial charge < -0.3 is 9.84 Å². The first-order chi connectivity index (χ1) is 9.04. The summed E-state index contributed by atoms with van der Waals surface area (Å²) in [7, 11) is 1.35.